The highest BCUT2D eigenvalue weighted by Gasteiger charge is 2.26. The molecular formula is C12H17N3O3. The van der Waals surface area contributed by atoms with Gasteiger partial charge in [-0.15, -0.1) is 0 Å². The Morgan fingerprint density at radius 1 is 1.44 bits per heavy atom. The van der Waals surface area contributed by atoms with Crippen LogP contribution in [0.5, 0.6) is 0 Å². The molecule has 1 aliphatic rings. The Morgan fingerprint density at radius 3 is 2.61 bits per heavy atom. The number of hydrogen-bond acceptors (Lipinski definition) is 3. The quantitative estimate of drug-likeness (QED) is 0.849. The largest absolute Gasteiger partial charge is 0.481 e. The number of aliphatic carboxylic acids is 1. The van der Waals surface area contributed by atoms with Crippen LogP contribution in [-0.4, -0.2) is 44.5 Å². The highest BCUT2D eigenvalue weighted by atomic mass is 16.4. The summed E-state index contributed by atoms with van der Waals surface area (Å²) in [5.74, 6) is -0.222. The Labute approximate surface area is 105 Å². The number of carboxylic acid groups (broad SMARTS) is 1. The lowest BCUT2D eigenvalue weighted by Crippen LogP contribution is -2.41. The number of carbonyl (C=O) groups excluding carboxylic acids is 1. The maximum Gasteiger partial charge on any atom is 0.306 e. The molecule has 1 N–H and O–H groups in total. The van der Waals surface area contributed by atoms with Crippen LogP contribution < -0.4 is 0 Å². The van der Waals surface area contributed by atoms with Gasteiger partial charge in [0, 0.05) is 25.5 Å². The molecule has 1 fully saturated rings. The third-order valence-electron chi connectivity index (χ3n) is 3.43. The highest BCUT2D eigenvalue weighted by Crippen LogP contribution is 2.17. The van der Waals surface area contributed by atoms with Gasteiger partial charge in [0.1, 0.15) is 12.4 Å². The van der Waals surface area contributed by atoms with Crippen LogP contribution in [0, 0.1) is 12.8 Å². The zero-order valence-corrected chi connectivity index (χ0v) is 10.4. The van der Waals surface area contributed by atoms with E-state index >= 15 is 0 Å². The van der Waals surface area contributed by atoms with E-state index in [0.717, 1.165) is 5.82 Å². The smallest absolute Gasteiger partial charge is 0.306 e. The average molecular weight is 251 g/mol. The highest BCUT2D eigenvalue weighted by molar-refractivity contribution is 5.77. The lowest BCUT2D eigenvalue weighted by Gasteiger charge is -2.30. The van der Waals surface area contributed by atoms with Crippen LogP contribution in [0.2, 0.25) is 0 Å². The number of carboxylic acids is 1. The molecule has 1 saturated heterocycles. The first-order chi connectivity index (χ1) is 8.58. The Hall–Kier alpha value is -1.85. The molecule has 1 amide bonds. The SMILES string of the molecule is Cc1nccn1CC(=O)N1CCC(C(=O)O)CC1. The molecular weight excluding hydrogens is 234 g/mol. The van der Waals surface area contributed by atoms with Gasteiger partial charge < -0.3 is 14.6 Å². The fourth-order valence-corrected chi connectivity index (χ4v) is 2.19. The van der Waals surface area contributed by atoms with Gasteiger partial charge in [-0.25, -0.2) is 4.98 Å². The summed E-state index contributed by atoms with van der Waals surface area (Å²) < 4.78 is 1.80. The van der Waals surface area contributed by atoms with Gasteiger partial charge in [0.2, 0.25) is 5.91 Å². The van der Waals surface area contributed by atoms with E-state index in [2.05, 4.69) is 4.98 Å². The summed E-state index contributed by atoms with van der Waals surface area (Å²) in [6.07, 6.45) is 4.53. The number of piperidine rings is 1. The summed E-state index contributed by atoms with van der Waals surface area (Å²) in [5.41, 5.74) is 0. The summed E-state index contributed by atoms with van der Waals surface area (Å²) in [5, 5.41) is 8.89. The third kappa shape index (κ3) is 2.69. The van der Waals surface area contributed by atoms with Crippen molar-refractivity contribution in [1.82, 2.24) is 14.5 Å². The number of aryl methyl sites for hydroxylation is 1. The van der Waals surface area contributed by atoms with E-state index in [4.69, 9.17) is 5.11 Å². The predicted octanol–water partition coefficient (Wildman–Crippen LogP) is 0.515. The molecule has 1 aromatic heterocycles. The van der Waals surface area contributed by atoms with Crippen molar-refractivity contribution in [2.75, 3.05) is 13.1 Å². The first kappa shape index (κ1) is 12.6. The van der Waals surface area contributed by atoms with Crippen LogP contribution >= 0.6 is 0 Å². The van der Waals surface area contributed by atoms with Crippen LogP contribution in [-0.2, 0) is 16.1 Å². The molecule has 98 valence electrons. The Bertz CT molecular complexity index is 447. The van der Waals surface area contributed by atoms with Crippen molar-refractivity contribution < 1.29 is 14.7 Å². The summed E-state index contributed by atoms with van der Waals surface area (Å²) in [6.45, 7) is 3.20. The fourth-order valence-electron chi connectivity index (χ4n) is 2.19. The van der Waals surface area contributed by atoms with Crippen molar-refractivity contribution in [3.05, 3.63) is 18.2 Å². The number of rotatable bonds is 3. The zero-order chi connectivity index (χ0) is 13.1. The van der Waals surface area contributed by atoms with Crippen molar-refractivity contribution in [2.45, 2.75) is 26.3 Å². The van der Waals surface area contributed by atoms with Gasteiger partial charge in [0.25, 0.3) is 0 Å². The topological polar surface area (TPSA) is 75.4 Å². The van der Waals surface area contributed by atoms with Crippen molar-refractivity contribution in [2.24, 2.45) is 5.92 Å². The number of amides is 1. The lowest BCUT2D eigenvalue weighted by molar-refractivity contribution is -0.145. The summed E-state index contributed by atoms with van der Waals surface area (Å²) in [4.78, 5) is 28.6. The number of carbonyl (C=O) groups is 2. The van der Waals surface area contributed by atoms with Crippen LogP contribution in [0.4, 0.5) is 0 Å². The van der Waals surface area contributed by atoms with Gasteiger partial charge in [-0.05, 0) is 19.8 Å². The molecule has 1 aliphatic heterocycles. The minimum absolute atomic E-state index is 0.0277. The molecule has 1 aromatic rings. The van der Waals surface area contributed by atoms with Crippen LogP contribution in [0.25, 0.3) is 0 Å². The van der Waals surface area contributed by atoms with Crippen molar-refractivity contribution in [3.63, 3.8) is 0 Å². The van der Waals surface area contributed by atoms with E-state index in [0.29, 0.717) is 25.9 Å². The number of likely N-dealkylation sites (tertiary alicyclic amines) is 1. The molecule has 0 saturated carbocycles. The Balaban J connectivity index is 1.88. The number of aromatic nitrogens is 2. The minimum Gasteiger partial charge on any atom is -0.481 e. The second kappa shape index (κ2) is 5.20. The molecule has 0 atom stereocenters. The lowest BCUT2D eigenvalue weighted by atomic mass is 9.97. The van der Waals surface area contributed by atoms with Gasteiger partial charge in [-0.2, -0.15) is 0 Å². The maximum absolute atomic E-state index is 12.0. The second-order valence-corrected chi connectivity index (χ2v) is 4.60. The van der Waals surface area contributed by atoms with Crippen LogP contribution in [0.1, 0.15) is 18.7 Å². The molecule has 0 aliphatic carbocycles. The van der Waals surface area contributed by atoms with Crippen LogP contribution in [0.15, 0.2) is 12.4 Å². The standard InChI is InChI=1S/C12H17N3O3/c1-9-13-4-7-15(9)8-11(16)14-5-2-10(3-6-14)12(17)18/h4,7,10H,2-3,5-6,8H2,1H3,(H,17,18). The summed E-state index contributed by atoms with van der Waals surface area (Å²) in [6, 6.07) is 0. The predicted molar refractivity (Wildman–Crippen MR) is 63.9 cm³/mol. The van der Waals surface area contributed by atoms with E-state index in [-0.39, 0.29) is 18.4 Å². The molecule has 0 aromatic carbocycles. The molecule has 0 unspecified atom stereocenters. The molecule has 6 nitrogen and oxygen atoms in total. The fraction of sp³-hybridized carbons (Fsp3) is 0.583. The molecule has 18 heavy (non-hydrogen) atoms. The van der Waals surface area contributed by atoms with Gasteiger partial charge in [0.05, 0.1) is 5.92 Å². The van der Waals surface area contributed by atoms with E-state index in [1.807, 2.05) is 6.92 Å². The van der Waals surface area contributed by atoms with E-state index < -0.39 is 5.97 Å². The zero-order valence-electron chi connectivity index (χ0n) is 10.4. The second-order valence-electron chi connectivity index (χ2n) is 4.60. The van der Waals surface area contributed by atoms with Crippen molar-refractivity contribution >= 4 is 11.9 Å². The van der Waals surface area contributed by atoms with Crippen LogP contribution in [0.3, 0.4) is 0 Å². The first-order valence-corrected chi connectivity index (χ1v) is 6.06. The maximum atomic E-state index is 12.0. The Morgan fingerprint density at radius 2 is 2.11 bits per heavy atom. The Kier molecular flexibility index (Phi) is 3.64. The number of hydrogen-bond donors (Lipinski definition) is 1. The number of imidazole rings is 1. The molecule has 0 radical (unpaired) electrons. The average Bonchev–Trinajstić information content (AvgIpc) is 2.75. The summed E-state index contributed by atoms with van der Waals surface area (Å²) in [7, 11) is 0. The van der Waals surface area contributed by atoms with E-state index in [1.54, 1.807) is 21.9 Å². The monoisotopic (exact) mass is 251 g/mol. The first-order valence-electron chi connectivity index (χ1n) is 6.06. The van der Waals surface area contributed by atoms with Gasteiger partial charge in [0.15, 0.2) is 0 Å². The van der Waals surface area contributed by atoms with E-state index in [9.17, 15) is 9.59 Å². The van der Waals surface area contributed by atoms with Crippen molar-refractivity contribution in [3.8, 4) is 0 Å². The number of nitrogens with zero attached hydrogens (tertiary/aromatic N) is 3. The molecule has 0 spiro atoms. The third-order valence-corrected chi connectivity index (χ3v) is 3.43. The minimum atomic E-state index is -0.757. The van der Waals surface area contributed by atoms with Gasteiger partial charge in [-0.1, -0.05) is 0 Å². The molecule has 2 heterocycles. The van der Waals surface area contributed by atoms with Crippen molar-refractivity contribution in [1.29, 1.82) is 0 Å². The van der Waals surface area contributed by atoms with Gasteiger partial charge in [-0.3, -0.25) is 9.59 Å². The molecule has 6 heteroatoms. The normalized spacial score (nSPS) is 16.8. The van der Waals surface area contributed by atoms with Gasteiger partial charge >= 0.3 is 5.97 Å². The summed E-state index contributed by atoms with van der Waals surface area (Å²) >= 11 is 0. The molecule has 2 rings (SSSR count). The van der Waals surface area contributed by atoms with E-state index in [1.165, 1.54) is 0 Å². The molecule has 0 bridgehead atoms.